The molecule has 6 heteroatoms. The van der Waals surface area contributed by atoms with Gasteiger partial charge < -0.3 is 14.8 Å². The number of likely N-dealkylation sites (tertiary alicyclic amines) is 1. The van der Waals surface area contributed by atoms with Crippen LogP contribution < -0.4 is 10.9 Å². The molecule has 1 fully saturated rings. The fraction of sp³-hybridized carbons (Fsp3) is 0.429. The molecule has 1 saturated heterocycles. The molecule has 1 aromatic heterocycles. The lowest BCUT2D eigenvalue weighted by Gasteiger charge is -2.22. The molecule has 1 aliphatic heterocycles. The van der Waals surface area contributed by atoms with Crippen LogP contribution in [0.2, 0.25) is 0 Å². The van der Waals surface area contributed by atoms with E-state index in [0.717, 1.165) is 45.0 Å². The molecule has 0 amide bonds. The predicted molar refractivity (Wildman–Crippen MR) is 122 cm³/mol. The normalized spacial score (nSPS) is 16.9. The predicted octanol–water partition coefficient (Wildman–Crippen LogP) is 3.31. The first-order valence-corrected chi connectivity index (χ1v) is 9.44. The average molecular weight is 480 g/mol. The van der Waals surface area contributed by atoms with Crippen molar-refractivity contribution in [2.24, 2.45) is 4.99 Å². The van der Waals surface area contributed by atoms with E-state index in [1.54, 1.807) is 16.7 Å². The molecule has 1 aliphatic rings. The zero-order valence-electron chi connectivity index (χ0n) is 15.9. The number of hydrogen-bond donors (Lipinski definition) is 1. The highest BCUT2D eigenvalue weighted by atomic mass is 127. The average Bonchev–Trinajstić information content (AvgIpc) is 3.17. The summed E-state index contributed by atoms with van der Waals surface area (Å²) in [5.74, 6) is 1.57. The molecule has 1 aromatic carbocycles. The van der Waals surface area contributed by atoms with E-state index < -0.39 is 0 Å². The zero-order chi connectivity index (χ0) is 18.2. The first kappa shape index (κ1) is 21.5. The molecule has 27 heavy (non-hydrogen) atoms. The minimum atomic E-state index is 0. The van der Waals surface area contributed by atoms with E-state index in [1.165, 1.54) is 12.0 Å². The fourth-order valence-electron chi connectivity index (χ4n) is 3.53. The third-order valence-corrected chi connectivity index (χ3v) is 4.98. The first-order valence-electron chi connectivity index (χ1n) is 9.44. The molecule has 0 radical (unpaired) electrons. The standard InChI is InChI=1S/C21H28N4O.HI/c1-22-21(23-13-6-8-15-24-14-7-5-11-20(24)26)25-16-12-19(17-25)18-9-3-2-4-10-18;/h2-5,7,9-11,14,19H,6,8,12-13,15-17H2,1H3,(H,22,23);1H. The minimum Gasteiger partial charge on any atom is -0.356 e. The van der Waals surface area contributed by atoms with Crippen LogP contribution in [0.15, 0.2) is 64.5 Å². The highest BCUT2D eigenvalue weighted by molar-refractivity contribution is 14.0. The summed E-state index contributed by atoms with van der Waals surface area (Å²) in [6.07, 6.45) is 5.00. The van der Waals surface area contributed by atoms with Crippen LogP contribution in [0, 0.1) is 0 Å². The molecule has 1 unspecified atom stereocenters. The number of pyridine rings is 1. The molecule has 3 rings (SSSR count). The van der Waals surface area contributed by atoms with Gasteiger partial charge in [0.2, 0.25) is 5.56 Å². The first-order chi connectivity index (χ1) is 12.8. The highest BCUT2D eigenvalue weighted by Crippen LogP contribution is 2.26. The summed E-state index contributed by atoms with van der Waals surface area (Å²) in [5.41, 5.74) is 1.49. The second-order valence-corrected chi connectivity index (χ2v) is 6.76. The van der Waals surface area contributed by atoms with E-state index in [4.69, 9.17) is 0 Å². The lowest BCUT2D eigenvalue weighted by molar-refractivity contribution is 0.481. The van der Waals surface area contributed by atoms with E-state index in [9.17, 15) is 4.79 Å². The molecular weight excluding hydrogens is 451 g/mol. The quantitative estimate of drug-likeness (QED) is 0.299. The third-order valence-electron chi connectivity index (χ3n) is 4.98. The Labute approximate surface area is 178 Å². The number of hydrogen-bond acceptors (Lipinski definition) is 2. The number of benzene rings is 1. The van der Waals surface area contributed by atoms with Crippen molar-refractivity contribution < 1.29 is 0 Å². The Morgan fingerprint density at radius 3 is 2.67 bits per heavy atom. The molecular formula is C21H29IN4O. The molecule has 5 nitrogen and oxygen atoms in total. The van der Waals surface area contributed by atoms with Crippen LogP contribution in [0.3, 0.4) is 0 Å². The number of aliphatic imine (C=N–C) groups is 1. The van der Waals surface area contributed by atoms with Gasteiger partial charge in [-0.05, 0) is 30.9 Å². The van der Waals surface area contributed by atoms with Crippen LogP contribution >= 0.6 is 24.0 Å². The van der Waals surface area contributed by atoms with Gasteiger partial charge in [0.1, 0.15) is 0 Å². The van der Waals surface area contributed by atoms with Crippen LogP contribution in [-0.4, -0.2) is 42.1 Å². The van der Waals surface area contributed by atoms with E-state index in [0.29, 0.717) is 5.92 Å². The maximum atomic E-state index is 11.7. The summed E-state index contributed by atoms with van der Waals surface area (Å²) < 4.78 is 1.76. The Morgan fingerprint density at radius 2 is 1.93 bits per heavy atom. The van der Waals surface area contributed by atoms with Crippen molar-refractivity contribution in [3.05, 3.63) is 70.6 Å². The molecule has 0 spiro atoms. The second kappa shape index (κ2) is 11.1. The van der Waals surface area contributed by atoms with E-state index in [1.807, 2.05) is 19.3 Å². The summed E-state index contributed by atoms with van der Waals surface area (Å²) in [6.45, 7) is 3.70. The summed E-state index contributed by atoms with van der Waals surface area (Å²) in [6, 6.07) is 16.0. The van der Waals surface area contributed by atoms with Crippen LogP contribution in [-0.2, 0) is 6.54 Å². The molecule has 2 aromatic rings. The van der Waals surface area contributed by atoms with Crippen molar-refractivity contribution in [2.45, 2.75) is 31.7 Å². The Hall–Kier alpha value is -1.83. The maximum Gasteiger partial charge on any atom is 0.250 e. The minimum absolute atomic E-state index is 0. The number of halogens is 1. The van der Waals surface area contributed by atoms with Crippen molar-refractivity contribution in [1.29, 1.82) is 0 Å². The Morgan fingerprint density at radius 1 is 1.15 bits per heavy atom. The van der Waals surface area contributed by atoms with E-state index in [2.05, 4.69) is 45.5 Å². The monoisotopic (exact) mass is 480 g/mol. The van der Waals surface area contributed by atoms with Crippen LogP contribution in [0.5, 0.6) is 0 Å². The van der Waals surface area contributed by atoms with Crippen molar-refractivity contribution in [1.82, 2.24) is 14.8 Å². The fourth-order valence-corrected chi connectivity index (χ4v) is 3.53. The van der Waals surface area contributed by atoms with Crippen LogP contribution in [0.25, 0.3) is 0 Å². The number of unbranched alkanes of at least 4 members (excludes halogenated alkanes) is 1. The topological polar surface area (TPSA) is 49.6 Å². The summed E-state index contributed by atoms with van der Waals surface area (Å²) >= 11 is 0. The van der Waals surface area contributed by atoms with Gasteiger partial charge in [0, 0.05) is 51.4 Å². The van der Waals surface area contributed by atoms with Crippen molar-refractivity contribution >= 4 is 29.9 Å². The molecule has 0 saturated carbocycles. The number of rotatable bonds is 6. The maximum absolute atomic E-state index is 11.7. The molecule has 2 heterocycles. The molecule has 0 bridgehead atoms. The van der Waals surface area contributed by atoms with Crippen molar-refractivity contribution in [3.8, 4) is 0 Å². The van der Waals surface area contributed by atoms with Crippen LogP contribution in [0.4, 0.5) is 0 Å². The van der Waals surface area contributed by atoms with Crippen molar-refractivity contribution in [2.75, 3.05) is 26.7 Å². The van der Waals surface area contributed by atoms with Gasteiger partial charge in [0.05, 0.1) is 0 Å². The molecule has 1 atom stereocenters. The number of guanidine groups is 1. The Bertz CT molecular complexity index is 775. The molecule has 0 aliphatic carbocycles. The van der Waals surface area contributed by atoms with Gasteiger partial charge >= 0.3 is 0 Å². The largest absolute Gasteiger partial charge is 0.356 e. The lowest BCUT2D eigenvalue weighted by atomic mass is 9.99. The lowest BCUT2D eigenvalue weighted by Crippen LogP contribution is -2.40. The van der Waals surface area contributed by atoms with Crippen molar-refractivity contribution in [3.63, 3.8) is 0 Å². The summed E-state index contributed by atoms with van der Waals surface area (Å²) in [7, 11) is 1.85. The van der Waals surface area contributed by atoms with E-state index >= 15 is 0 Å². The Balaban J connectivity index is 0.00000261. The third kappa shape index (κ3) is 6.09. The van der Waals surface area contributed by atoms with Crippen LogP contribution in [0.1, 0.15) is 30.7 Å². The van der Waals surface area contributed by atoms with E-state index in [-0.39, 0.29) is 29.5 Å². The number of nitrogens with one attached hydrogen (secondary N) is 1. The van der Waals surface area contributed by atoms with Gasteiger partial charge in [0.25, 0.3) is 0 Å². The van der Waals surface area contributed by atoms with Gasteiger partial charge in [-0.15, -0.1) is 24.0 Å². The number of nitrogens with zero attached hydrogens (tertiary/aromatic N) is 3. The smallest absolute Gasteiger partial charge is 0.250 e. The summed E-state index contributed by atoms with van der Waals surface area (Å²) in [4.78, 5) is 18.5. The number of aromatic nitrogens is 1. The SMILES string of the molecule is CN=C(NCCCCn1ccccc1=O)N1CCC(c2ccccc2)C1.I. The second-order valence-electron chi connectivity index (χ2n) is 6.76. The van der Waals surface area contributed by atoms with Gasteiger partial charge in [-0.1, -0.05) is 36.4 Å². The van der Waals surface area contributed by atoms with Gasteiger partial charge in [0.15, 0.2) is 5.96 Å². The zero-order valence-corrected chi connectivity index (χ0v) is 18.2. The van der Waals surface area contributed by atoms with Gasteiger partial charge in [-0.25, -0.2) is 0 Å². The number of aryl methyl sites for hydroxylation is 1. The van der Waals surface area contributed by atoms with Gasteiger partial charge in [-0.2, -0.15) is 0 Å². The Kier molecular flexibility index (Phi) is 8.84. The molecule has 146 valence electrons. The van der Waals surface area contributed by atoms with Gasteiger partial charge in [-0.3, -0.25) is 9.79 Å². The summed E-state index contributed by atoms with van der Waals surface area (Å²) in [5, 5.41) is 3.47. The highest BCUT2D eigenvalue weighted by Gasteiger charge is 2.25. The molecule has 1 N–H and O–H groups in total.